The van der Waals surface area contributed by atoms with Gasteiger partial charge in [-0.3, -0.25) is 4.79 Å². The van der Waals surface area contributed by atoms with Crippen LogP contribution in [-0.4, -0.2) is 29.7 Å². The van der Waals surface area contributed by atoms with Crippen molar-refractivity contribution in [2.75, 3.05) is 18.4 Å². The van der Waals surface area contributed by atoms with Gasteiger partial charge in [0.25, 0.3) is 5.91 Å². The highest BCUT2D eigenvalue weighted by molar-refractivity contribution is 5.97. The van der Waals surface area contributed by atoms with E-state index in [4.69, 9.17) is 5.26 Å². The summed E-state index contributed by atoms with van der Waals surface area (Å²) >= 11 is 0. The summed E-state index contributed by atoms with van der Waals surface area (Å²) in [7, 11) is 0. The zero-order valence-electron chi connectivity index (χ0n) is 17.1. The highest BCUT2D eigenvalue weighted by Gasteiger charge is 2.44. The van der Waals surface area contributed by atoms with Gasteiger partial charge >= 0.3 is 6.18 Å². The normalized spacial score (nSPS) is 16.9. The Labute approximate surface area is 178 Å². The number of hydrogen-bond donors (Lipinski definition) is 3. The standard InChI is InChI=1S/C23H24F3N3O2/c1-15-3-2-4-16(11-15)13-22(31,18-7-9-28-10-8-18)21(30)29-19-6-5-17(14-27)20(12-19)23(24,25)26/h2-6,11-12,18,28,31H,7-10,13H2,1H3,(H,29,30). The van der Waals surface area contributed by atoms with Crippen LogP contribution in [0.15, 0.2) is 42.5 Å². The van der Waals surface area contributed by atoms with E-state index in [2.05, 4.69) is 10.6 Å². The molecule has 0 aromatic heterocycles. The molecular formula is C23H24F3N3O2. The molecule has 0 saturated carbocycles. The number of carbonyl (C=O) groups is 1. The number of benzene rings is 2. The van der Waals surface area contributed by atoms with Gasteiger partial charge in [-0.05, 0) is 62.5 Å². The molecule has 2 aromatic rings. The molecule has 164 valence electrons. The van der Waals surface area contributed by atoms with Crippen LogP contribution in [-0.2, 0) is 17.4 Å². The van der Waals surface area contributed by atoms with Crippen molar-refractivity contribution in [3.05, 3.63) is 64.7 Å². The molecule has 0 radical (unpaired) electrons. The van der Waals surface area contributed by atoms with E-state index in [0.717, 1.165) is 23.3 Å². The first kappa shape index (κ1) is 22.8. The Balaban J connectivity index is 1.92. The first-order valence-corrected chi connectivity index (χ1v) is 10.0. The zero-order chi connectivity index (χ0) is 22.6. The van der Waals surface area contributed by atoms with Crippen LogP contribution in [0.2, 0.25) is 0 Å². The maximum Gasteiger partial charge on any atom is 0.417 e. The molecular weight excluding hydrogens is 407 g/mol. The third-order valence-corrected chi connectivity index (χ3v) is 5.67. The Hall–Kier alpha value is -2.89. The van der Waals surface area contributed by atoms with Crippen molar-refractivity contribution in [3.8, 4) is 6.07 Å². The van der Waals surface area contributed by atoms with Crippen molar-refractivity contribution in [2.24, 2.45) is 5.92 Å². The van der Waals surface area contributed by atoms with E-state index in [9.17, 15) is 23.1 Å². The number of anilines is 1. The molecule has 0 spiro atoms. The molecule has 1 fully saturated rings. The van der Waals surface area contributed by atoms with Crippen molar-refractivity contribution in [1.82, 2.24) is 5.32 Å². The van der Waals surface area contributed by atoms with Crippen LogP contribution >= 0.6 is 0 Å². The number of carbonyl (C=O) groups excluding carboxylic acids is 1. The molecule has 1 aliphatic rings. The van der Waals surface area contributed by atoms with E-state index in [1.165, 1.54) is 12.1 Å². The lowest BCUT2D eigenvalue weighted by Crippen LogP contribution is -2.53. The summed E-state index contributed by atoms with van der Waals surface area (Å²) in [5.41, 5.74) is -1.81. The lowest BCUT2D eigenvalue weighted by atomic mass is 9.76. The number of nitrogens with one attached hydrogen (secondary N) is 2. The van der Waals surface area contributed by atoms with Crippen LogP contribution in [0.3, 0.4) is 0 Å². The van der Waals surface area contributed by atoms with Gasteiger partial charge in [-0.15, -0.1) is 0 Å². The molecule has 3 N–H and O–H groups in total. The third kappa shape index (κ3) is 5.24. The van der Waals surface area contributed by atoms with E-state index in [-0.39, 0.29) is 18.0 Å². The first-order chi connectivity index (χ1) is 14.6. The molecule has 31 heavy (non-hydrogen) atoms. The van der Waals surface area contributed by atoms with Gasteiger partial charge < -0.3 is 15.7 Å². The number of hydrogen-bond acceptors (Lipinski definition) is 4. The van der Waals surface area contributed by atoms with Gasteiger partial charge in [0, 0.05) is 12.1 Å². The second-order valence-electron chi connectivity index (χ2n) is 7.94. The van der Waals surface area contributed by atoms with Crippen molar-refractivity contribution < 1.29 is 23.1 Å². The van der Waals surface area contributed by atoms with Crippen molar-refractivity contribution in [2.45, 2.75) is 38.0 Å². The number of halogens is 3. The van der Waals surface area contributed by atoms with Gasteiger partial charge in [0.05, 0.1) is 17.2 Å². The molecule has 1 saturated heterocycles. The van der Waals surface area contributed by atoms with E-state index >= 15 is 0 Å². The molecule has 0 bridgehead atoms. The van der Waals surface area contributed by atoms with Crippen molar-refractivity contribution >= 4 is 11.6 Å². The predicted octanol–water partition coefficient (Wildman–Crippen LogP) is 3.80. The van der Waals surface area contributed by atoms with Crippen LogP contribution in [0.4, 0.5) is 18.9 Å². The first-order valence-electron chi connectivity index (χ1n) is 10.0. The summed E-state index contributed by atoms with van der Waals surface area (Å²) in [6, 6.07) is 11.9. The van der Waals surface area contributed by atoms with E-state index in [0.29, 0.717) is 25.9 Å². The minimum absolute atomic E-state index is 0.0492. The summed E-state index contributed by atoms with van der Waals surface area (Å²) in [5, 5.41) is 26.1. The fourth-order valence-corrected chi connectivity index (χ4v) is 4.04. The Bertz CT molecular complexity index is 994. The highest BCUT2D eigenvalue weighted by atomic mass is 19.4. The predicted molar refractivity (Wildman–Crippen MR) is 110 cm³/mol. The Morgan fingerprint density at radius 1 is 1.23 bits per heavy atom. The minimum Gasteiger partial charge on any atom is -0.379 e. The van der Waals surface area contributed by atoms with Crippen LogP contribution in [0.25, 0.3) is 0 Å². The molecule has 2 aromatic carbocycles. The quantitative estimate of drug-likeness (QED) is 0.672. The van der Waals surface area contributed by atoms with Gasteiger partial charge in [-0.1, -0.05) is 29.8 Å². The Morgan fingerprint density at radius 3 is 2.55 bits per heavy atom. The van der Waals surface area contributed by atoms with Crippen molar-refractivity contribution in [1.29, 1.82) is 5.26 Å². The number of alkyl halides is 3. The molecule has 1 unspecified atom stereocenters. The van der Waals surface area contributed by atoms with Gasteiger partial charge in [0.15, 0.2) is 0 Å². The Kier molecular flexibility index (Phi) is 6.68. The molecule has 1 amide bonds. The Morgan fingerprint density at radius 2 is 1.94 bits per heavy atom. The summed E-state index contributed by atoms with van der Waals surface area (Å²) in [6.45, 7) is 3.19. The molecule has 8 heteroatoms. The minimum atomic E-state index is -4.74. The monoisotopic (exact) mass is 431 g/mol. The fraction of sp³-hybridized carbons (Fsp3) is 0.391. The van der Waals surface area contributed by atoms with E-state index in [1.807, 2.05) is 31.2 Å². The van der Waals surface area contributed by atoms with Crippen molar-refractivity contribution in [3.63, 3.8) is 0 Å². The molecule has 1 heterocycles. The van der Waals surface area contributed by atoms with Crippen LogP contribution in [0, 0.1) is 24.2 Å². The molecule has 1 aliphatic heterocycles. The second kappa shape index (κ2) is 9.08. The van der Waals surface area contributed by atoms with Crippen LogP contribution < -0.4 is 10.6 Å². The average Bonchev–Trinajstić information content (AvgIpc) is 2.73. The maximum absolute atomic E-state index is 13.3. The highest BCUT2D eigenvalue weighted by Crippen LogP contribution is 2.35. The van der Waals surface area contributed by atoms with Gasteiger partial charge in [-0.2, -0.15) is 18.4 Å². The summed E-state index contributed by atoms with van der Waals surface area (Å²) in [4.78, 5) is 13.2. The average molecular weight is 431 g/mol. The fourth-order valence-electron chi connectivity index (χ4n) is 4.04. The van der Waals surface area contributed by atoms with E-state index in [1.54, 1.807) is 0 Å². The summed E-state index contributed by atoms with van der Waals surface area (Å²) < 4.78 is 39.8. The maximum atomic E-state index is 13.3. The topological polar surface area (TPSA) is 85.2 Å². The molecule has 3 rings (SSSR count). The van der Waals surface area contributed by atoms with Crippen LogP contribution in [0.1, 0.15) is 35.1 Å². The third-order valence-electron chi connectivity index (χ3n) is 5.67. The summed E-state index contributed by atoms with van der Waals surface area (Å²) in [5.74, 6) is -1.10. The number of rotatable bonds is 5. The number of amides is 1. The number of nitrogens with zero attached hydrogens (tertiary/aromatic N) is 1. The SMILES string of the molecule is Cc1cccc(CC(O)(C(=O)Nc2ccc(C#N)c(C(F)(F)F)c2)C2CCNCC2)c1. The van der Waals surface area contributed by atoms with Gasteiger partial charge in [0.1, 0.15) is 5.60 Å². The number of piperidine rings is 1. The molecule has 1 atom stereocenters. The largest absolute Gasteiger partial charge is 0.417 e. The van der Waals surface area contributed by atoms with E-state index < -0.39 is 28.8 Å². The van der Waals surface area contributed by atoms with Gasteiger partial charge in [-0.25, -0.2) is 0 Å². The molecule has 0 aliphatic carbocycles. The van der Waals surface area contributed by atoms with Crippen LogP contribution in [0.5, 0.6) is 0 Å². The molecule has 5 nitrogen and oxygen atoms in total. The lowest BCUT2D eigenvalue weighted by molar-refractivity contribution is -0.141. The van der Waals surface area contributed by atoms with Gasteiger partial charge in [0.2, 0.25) is 0 Å². The second-order valence-corrected chi connectivity index (χ2v) is 7.94. The number of aliphatic hydroxyl groups is 1. The number of aryl methyl sites for hydroxylation is 1. The summed E-state index contributed by atoms with van der Waals surface area (Å²) in [6.07, 6.45) is -3.56. The lowest BCUT2D eigenvalue weighted by Gasteiger charge is -2.37. The number of nitriles is 1. The smallest absolute Gasteiger partial charge is 0.379 e. The zero-order valence-corrected chi connectivity index (χ0v) is 17.1.